The van der Waals surface area contributed by atoms with Crippen molar-refractivity contribution in [2.75, 3.05) is 20.1 Å². The molecule has 1 N–H and O–H groups in total. The summed E-state index contributed by atoms with van der Waals surface area (Å²) < 4.78 is 0. The van der Waals surface area contributed by atoms with E-state index in [9.17, 15) is 9.59 Å². The van der Waals surface area contributed by atoms with Crippen LogP contribution < -0.4 is 5.32 Å². The minimum absolute atomic E-state index is 0.0238. The third-order valence-electron chi connectivity index (χ3n) is 4.60. The molecule has 3 amide bonds. The van der Waals surface area contributed by atoms with E-state index >= 15 is 0 Å². The Balaban J connectivity index is 1.58. The Bertz CT molecular complexity index is 611. The van der Waals surface area contributed by atoms with Crippen molar-refractivity contribution >= 4 is 23.5 Å². The Labute approximate surface area is 140 Å². The summed E-state index contributed by atoms with van der Waals surface area (Å²) in [5, 5.41) is 3.15. The minimum Gasteiger partial charge on any atom is -0.350 e. The van der Waals surface area contributed by atoms with E-state index in [-0.39, 0.29) is 30.4 Å². The molecule has 0 spiro atoms. The number of halogens is 1. The maximum atomic E-state index is 12.4. The van der Waals surface area contributed by atoms with Crippen molar-refractivity contribution in [2.45, 2.75) is 31.8 Å². The van der Waals surface area contributed by atoms with Crippen LogP contribution in [0.1, 0.15) is 25.0 Å². The van der Waals surface area contributed by atoms with Crippen LogP contribution in [0.2, 0.25) is 5.15 Å². The lowest BCUT2D eigenvalue weighted by Gasteiger charge is -2.44. The standard InChI is InChI=1S/C15H20ClN5O2/c1-20-7-4-11-3-2-10(9-21(11)15(20)23)14(22)19-8-12-13(16)18-6-5-17-12/h5-6,10-11H,2-4,7-9H2,1H3,(H,19,22). The van der Waals surface area contributed by atoms with E-state index in [2.05, 4.69) is 15.3 Å². The maximum absolute atomic E-state index is 12.4. The number of hydrogen-bond donors (Lipinski definition) is 1. The second kappa shape index (κ2) is 6.70. The predicted octanol–water partition coefficient (Wildman–Crippen LogP) is 1.28. The summed E-state index contributed by atoms with van der Waals surface area (Å²) in [6, 6.07) is 0.299. The monoisotopic (exact) mass is 337 g/mol. The zero-order valence-corrected chi connectivity index (χ0v) is 13.8. The first kappa shape index (κ1) is 16.0. The lowest BCUT2D eigenvalue weighted by Crippen LogP contribution is -2.57. The van der Waals surface area contributed by atoms with Gasteiger partial charge in [-0.05, 0) is 19.3 Å². The van der Waals surface area contributed by atoms with E-state index in [1.54, 1.807) is 18.1 Å². The summed E-state index contributed by atoms with van der Waals surface area (Å²) in [7, 11) is 1.80. The van der Waals surface area contributed by atoms with Gasteiger partial charge in [0.2, 0.25) is 5.91 Å². The third kappa shape index (κ3) is 3.39. The largest absolute Gasteiger partial charge is 0.350 e. The van der Waals surface area contributed by atoms with Crippen molar-refractivity contribution in [3.63, 3.8) is 0 Å². The first-order valence-corrected chi connectivity index (χ1v) is 8.19. The average molecular weight is 338 g/mol. The maximum Gasteiger partial charge on any atom is 0.320 e. The molecule has 0 bridgehead atoms. The molecular formula is C15H20ClN5O2. The van der Waals surface area contributed by atoms with Crippen molar-refractivity contribution in [2.24, 2.45) is 5.92 Å². The number of amides is 3. The molecule has 8 heteroatoms. The Hall–Kier alpha value is -1.89. The topological polar surface area (TPSA) is 78.4 Å². The highest BCUT2D eigenvalue weighted by Crippen LogP contribution is 2.28. The van der Waals surface area contributed by atoms with Gasteiger partial charge < -0.3 is 15.1 Å². The van der Waals surface area contributed by atoms with Crippen molar-refractivity contribution in [1.29, 1.82) is 0 Å². The molecule has 0 aliphatic carbocycles. The fourth-order valence-electron chi connectivity index (χ4n) is 3.22. The molecule has 1 aromatic rings. The number of urea groups is 1. The quantitative estimate of drug-likeness (QED) is 0.901. The number of nitrogens with zero attached hydrogens (tertiary/aromatic N) is 4. The summed E-state index contributed by atoms with van der Waals surface area (Å²) in [5.74, 6) is -0.247. The van der Waals surface area contributed by atoms with E-state index in [0.717, 1.165) is 25.8 Å². The molecule has 2 aliphatic rings. The number of nitrogens with one attached hydrogen (secondary N) is 1. The van der Waals surface area contributed by atoms with E-state index < -0.39 is 0 Å². The number of aromatic nitrogens is 2. The summed E-state index contributed by atoms with van der Waals surface area (Å²) in [5.41, 5.74) is 0.546. The van der Waals surface area contributed by atoms with Gasteiger partial charge in [0.05, 0.1) is 18.2 Å². The number of carbonyl (C=O) groups excluding carboxylic acids is 2. The van der Waals surface area contributed by atoms with Crippen LogP contribution in [0.5, 0.6) is 0 Å². The zero-order valence-electron chi connectivity index (χ0n) is 13.0. The van der Waals surface area contributed by atoms with Crippen LogP contribution in [0.4, 0.5) is 4.79 Å². The summed E-state index contributed by atoms with van der Waals surface area (Å²) >= 11 is 5.94. The SMILES string of the molecule is CN1CCC2CCC(C(=O)NCc3nccnc3Cl)CN2C1=O. The molecule has 0 saturated carbocycles. The third-order valence-corrected chi connectivity index (χ3v) is 4.92. The smallest absolute Gasteiger partial charge is 0.320 e. The van der Waals surface area contributed by atoms with Gasteiger partial charge in [-0.3, -0.25) is 9.78 Å². The van der Waals surface area contributed by atoms with Gasteiger partial charge in [-0.15, -0.1) is 0 Å². The first-order valence-electron chi connectivity index (χ1n) is 7.81. The number of fused-ring (bicyclic) bond motifs is 1. The van der Waals surface area contributed by atoms with Gasteiger partial charge in [0.25, 0.3) is 0 Å². The molecule has 0 aromatic carbocycles. The molecule has 0 radical (unpaired) electrons. The molecule has 23 heavy (non-hydrogen) atoms. The lowest BCUT2D eigenvalue weighted by molar-refractivity contribution is -0.127. The Morgan fingerprint density at radius 2 is 2.13 bits per heavy atom. The molecule has 3 rings (SSSR count). The molecule has 1 aromatic heterocycles. The second-order valence-electron chi connectivity index (χ2n) is 6.08. The van der Waals surface area contributed by atoms with E-state index in [4.69, 9.17) is 11.6 Å². The average Bonchev–Trinajstić information content (AvgIpc) is 2.57. The summed E-state index contributed by atoms with van der Waals surface area (Å²) in [6.07, 6.45) is 5.71. The van der Waals surface area contributed by atoms with Gasteiger partial charge in [0.1, 0.15) is 0 Å². The van der Waals surface area contributed by atoms with Crippen molar-refractivity contribution in [3.8, 4) is 0 Å². The van der Waals surface area contributed by atoms with Crippen molar-refractivity contribution in [3.05, 3.63) is 23.2 Å². The molecule has 2 fully saturated rings. The molecule has 2 unspecified atom stereocenters. The first-order chi connectivity index (χ1) is 11.1. The van der Waals surface area contributed by atoms with Crippen molar-refractivity contribution in [1.82, 2.24) is 25.1 Å². The number of rotatable bonds is 3. The molecular weight excluding hydrogens is 318 g/mol. The van der Waals surface area contributed by atoms with Gasteiger partial charge in [-0.25, -0.2) is 9.78 Å². The van der Waals surface area contributed by atoms with Gasteiger partial charge in [-0.2, -0.15) is 0 Å². The zero-order chi connectivity index (χ0) is 16.4. The highest BCUT2D eigenvalue weighted by molar-refractivity contribution is 6.29. The minimum atomic E-state index is -0.183. The molecule has 2 atom stereocenters. The Morgan fingerprint density at radius 1 is 1.35 bits per heavy atom. The summed E-state index contributed by atoms with van der Waals surface area (Å²) in [6.45, 7) is 1.52. The molecule has 7 nitrogen and oxygen atoms in total. The van der Waals surface area contributed by atoms with E-state index in [1.807, 2.05) is 4.90 Å². The van der Waals surface area contributed by atoms with Gasteiger partial charge in [0, 0.05) is 38.6 Å². The van der Waals surface area contributed by atoms with Crippen LogP contribution in [0.3, 0.4) is 0 Å². The summed E-state index contributed by atoms with van der Waals surface area (Å²) in [4.78, 5) is 36.2. The van der Waals surface area contributed by atoms with Crippen LogP contribution in [0, 0.1) is 5.92 Å². The Morgan fingerprint density at radius 3 is 2.91 bits per heavy atom. The fraction of sp³-hybridized carbons (Fsp3) is 0.600. The normalized spacial score (nSPS) is 24.3. The van der Waals surface area contributed by atoms with Crippen LogP contribution in [-0.2, 0) is 11.3 Å². The molecule has 2 aliphatic heterocycles. The van der Waals surface area contributed by atoms with Crippen LogP contribution in [0.15, 0.2) is 12.4 Å². The van der Waals surface area contributed by atoms with Crippen LogP contribution >= 0.6 is 11.6 Å². The van der Waals surface area contributed by atoms with E-state index in [1.165, 1.54) is 6.20 Å². The van der Waals surface area contributed by atoms with Gasteiger partial charge in [0.15, 0.2) is 5.15 Å². The second-order valence-corrected chi connectivity index (χ2v) is 6.44. The van der Waals surface area contributed by atoms with Crippen molar-refractivity contribution < 1.29 is 9.59 Å². The number of carbonyl (C=O) groups is 2. The van der Waals surface area contributed by atoms with Crippen LogP contribution in [-0.4, -0.2) is 57.9 Å². The van der Waals surface area contributed by atoms with Gasteiger partial charge in [-0.1, -0.05) is 11.6 Å². The Kier molecular flexibility index (Phi) is 4.66. The molecule has 2 saturated heterocycles. The van der Waals surface area contributed by atoms with E-state index in [0.29, 0.717) is 17.4 Å². The highest BCUT2D eigenvalue weighted by atomic mass is 35.5. The van der Waals surface area contributed by atoms with Crippen LogP contribution in [0.25, 0.3) is 0 Å². The fourth-order valence-corrected chi connectivity index (χ4v) is 3.39. The highest BCUT2D eigenvalue weighted by Gasteiger charge is 2.38. The van der Waals surface area contributed by atoms with Gasteiger partial charge >= 0.3 is 6.03 Å². The molecule has 124 valence electrons. The molecule has 3 heterocycles. The number of piperidine rings is 1. The lowest BCUT2D eigenvalue weighted by atomic mass is 9.89. The predicted molar refractivity (Wildman–Crippen MR) is 84.7 cm³/mol. The number of hydrogen-bond acceptors (Lipinski definition) is 4.